The van der Waals surface area contributed by atoms with Crippen LogP contribution < -0.4 is 5.32 Å². The second kappa shape index (κ2) is 4.35. The van der Waals surface area contributed by atoms with Gasteiger partial charge in [0, 0.05) is 24.3 Å². The Bertz CT molecular complexity index is 502. The highest BCUT2D eigenvalue weighted by molar-refractivity contribution is 6.05. The maximum Gasteiger partial charge on any atom is 0.253 e. The Morgan fingerprint density at radius 2 is 2.38 bits per heavy atom. The summed E-state index contributed by atoms with van der Waals surface area (Å²) in [5.41, 5.74) is 1.40. The zero-order valence-corrected chi connectivity index (χ0v) is 9.45. The number of aromatic amines is 1. The molecule has 2 aromatic heterocycles. The van der Waals surface area contributed by atoms with Crippen LogP contribution in [0.1, 0.15) is 24.2 Å². The van der Waals surface area contributed by atoms with Gasteiger partial charge in [0.05, 0.1) is 5.56 Å². The second-order valence-corrected chi connectivity index (χ2v) is 4.21. The van der Waals surface area contributed by atoms with Crippen molar-refractivity contribution >= 4 is 16.9 Å². The maximum atomic E-state index is 11.9. The highest BCUT2D eigenvalue weighted by Crippen LogP contribution is 2.15. The molecule has 0 saturated heterocycles. The van der Waals surface area contributed by atoms with E-state index in [1.54, 1.807) is 12.4 Å². The van der Waals surface area contributed by atoms with E-state index >= 15 is 0 Å². The van der Waals surface area contributed by atoms with E-state index in [0.29, 0.717) is 18.0 Å². The van der Waals surface area contributed by atoms with Gasteiger partial charge in [-0.05, 0) is 18.1 Å². The molecule has 2 aromatic rings. The van der Waals surface area contributed by atoms with Crippen LogP contribution in [0.2, 0.25) is 0 Å². The number of amides is 1. The van der Waals surface area contributed by atoms with Crippen LogP contribution in [-0.2, 0) is 0 Å². The number of nitrogens with zero attached hydrogens (tertiary/aromatic N) is 1. The average molecular weight is 217 g/mol. The van der Waals surface area contributed by atoms with Crippen molar-refractivity contribution in [2.75, 3.05) is 6.54 Å². The number of fused-ring (bicyclic) bond motifs is 1. The zero-order valence-electron chi connectivity index (χ0n) is 9.45. The lowest BCUT2D eigenvalue weighted by Crippen LogP contribution is -2.27. The Morgan fingerprint density at radius 1 is 1.56 bits per heavy atom. The van der Waals surface area contributed by atoms with Gasteiger partial charge in [-0.2, -0.15) is 0 Å². The molecule has 16 heavy (non-hydrogen) atoms. The minimum Gasteiger partial charge on any atom is -0.352 e. The third-order valence-electron chi connectivity index (χ3n) is 2.37. The molecular formula is C12H15N3O. The number of pyridine rings is 1. The summed E-state index contributed by atoms with van der Waals surface area (Å²) >= 11 is 0. The molecule has 0 saturated carbocycles. The molecule has 0 unspecified atom stereocenters. The predicted molar refractivity (Wildman–Crippen MR) is 63.3 cm³/mol. The summed E-state index contributed by atoms with van der Waals surface area (Å²) in [4.78, 5) is 19.0. The fourth-order valence-corrected chi connectivity index (χ4v) is 1.54. The smallest absolute Gasteiger partial charge is 0.253 e. The summed E-state index contributed by atoms with van der Waals surface area (Å²) in [6.07, 6.45) is 3.40. The number of carbonyl (C=O) groups excluding carboxylic acids is 1. The van der Waals surface area contributed by atoms with E-state index in [0.717, 1.165) is 11.0 Å². The van der Waals surface area contributed by atoms with Crippen molar-refractivity contribution in [3.05, 3.63) is 30.1 Å². The maximum absolute atomic E-state index is 11.9. The summed E-state index contributed by atoms with van der Waals surface area (Å²) in [5.74, 6) is 0.403. The van der Waals surface area contributed by atoms with E-state index in [1.165, 1.54) is 0 Å². The van der Waals surface area contributed by atoms with Crippen molar-refractivity contribution in [1.82, 2.24) is 15.3 Å². The number of hydrogen-bond donors (Lipinski definition) is 2. The quantitative estimate of drug-likeness (QED) is 0.825. The van der Waals surface area contributed by atoms with E-state index in [-0.39, 0.29) is 5.91 Å². The van der Waals surface area contributed by atoms with Crippen LogP contribution in [0, 0.1) is 5.92 Å². The van der Waals surface area contributed by atoms with Gasteiger partial charge in [0.15, 0.2) is 0 Å². The van der Waals surface area contributed by atoms with Crippen LogP contribution in [0.5, 0.6) is 0 Å². The third kappa shape index (κ3) is 2.05. The summed E-state index contributed by atoms with van der Waals surface area (Å²) in [7, 11) is 0. The number of hydrogen-bond acceptors (Lipinski definition) is 2. The van der Waals surface area contributed by atoms with Crippen molar-refractivity contribution in [2.45, 2.75) is 13.8 Å². The van der Waals surface area contributed by atoms with Crippen LogP contribution in [-0.4, -0.2) is 22.4 Å². The molecule has 4 nitrogen and oxygen atoms in total. The van der Waals surface area contributed by atoms with E-state index in [4.69, 9.17) is 0 Å². The molecule has 0 atom stereocenters. The van der Waals surface area contributed by atoms with E-state index in [2.05, 4.69) is 29.1 Å². The first-order valence-electron chi connectivity index (χ1n) is 5.39. The molecule has 0 aliphatic heterocycles. The molecule has 0 bridgehead atoms. The lowest BCUT2D eigenvalue weighted by atomic mass is 10.2. The van der Waals surface area contributed by atoms with E-state index < -0.39 is 0 Å². The Kier molecular flexibility index (Phi) is 2.90. The van der Waals surface area contributed by atoms with E-state index in [9.17, 15) is 4.79 Å². The molecule has 0 fully saturated rings. The minimum absolute atomic E-state index is 0.0482. The van der Waals surface area contributed by atoms with Gasteiger partial charge in [0.1, 0.15) is 5.65 Å². The molecule has 0 aromatic carbocycles. The van der Waals surface area contributed by atoms with E-state index in [1.807, 2.05) is 12.1 Å². The highest BCUT2D eigenvalue weighted by atomic mass is 16.1. The number of aromatic nitrogens is 2. The summed E-state index contributed by atoms with van der Waals surface area (Å²) < 4.78 is 0. The number of H-pyrrole nitrogens is 1. The predicted octanol–water partition coefficient (Wildman–Crippen LogP) is 1.95. The molecule has 2 rings (SSSR count). The molecule has 1 amide bonds. The average Bonchev–Trinajstić information content (AvgIpc) is 2.69. The number of carbonyl (C=O) groups is 1. The molecule has 2 heterocycles. The van der Waals surface area contributed by atoms with Crippen LogP contribution in [0.25, 0.3) is 11.0 Å². The van der Waals surface area contributed by atoms with Gasteiger partial charge in [-0.1, -0.05) is 13.8 Å². The Morgan fingerprint density at radius 3 is 3.12 bits per heavy atom. The third-order valence-corrected chi connectivity index (χ3v) is 2.37. The van der Waals surface area contributed by atoms with Crippen LogP contribution in [0.4, 0.5) is 0 Å². The standard InChI is InChI=1S/C12H15N3O/c1-8(2)6-15-12(16)10-7-14-11-9(10)4-3-5-13-11/h3-5,7-8H,6H2,1-2H3,(H,13,14)(H,15,16). The van der Waals surface area contributed by atoms with Gasteiger partial charge in [0.2, 0.25) is 0 Å². The Labute approximate surface area is 94.1 Å². The molecule has 0 aliphatic carbocycles. The van der Waals surface area contributed by atoms with Gasteiger partial charge >= 0.3 is 0 Å². The summed E-state index contributed by atoms with van der Waals surface area (Å²) in [5, 5.41) is 3.75. The first-order chi connectivity index (χ1) is 7.68. The van der Waals surface area contributed by atoms with Crippen LogP contribution in [0.3, 0.4) is 0 Å². The molecule has 0 spiro atoms. The van der Waals surface area contributed by atoms with Crippen molar-refractivity contribution < 1.29 is 4.79 Å². The molecule has 84 valence electrons. The fraction of sp³-hybridized carbons (Fsp3) is 0.333. The first-order valence-corrected chi connectivity index (χ1v) is 5.39. The van der Waals surface area contributed by atoms with Gasteiger partial charge in [0.25, 0.3) is 5.91 Å². The number of rotatable bonds is 3. The molecule has 0 aliphatic rings. The highest BCUT2D eigenvalue weighted by Gasteiger charge is 2.11. The molecule has 2 N–H and O–H groups in total. The molecular weight excluding hydrogens is 202 g/mol. The van der Waals surface area contributed by atoms with Crippen LogP contribution in [0.15, 0.2) is 24.5 Å². The molecule has 4 heteroatoms. The largest absolute Gasteiger partial charge is 0.352 e. The minimum atomic E-state index is -0.0482. The number of nitrogens with one attached hydrogen (secondary N) is 2. The lowest BCUT2D eigenvalue weighted by molar-refractivity contribution is 0.0950. The van der Waals surface area contributed by atoms with Gasteiger partial charge in [-0.15, -0.1) is 0 Å². The summed E-state index contributed by atoms with van der Waals surface area (Å²) in [6.45, 7) is 4.82. The SMILES string of the molecule is CC(C)CNC(=O)c1c[nH]c2ncccc12. The Hall–Kier alpha value is -1.84. The van der Waals surface area contributed by atoms with Crippen molar-refractivity contribution in [3.63, 3.8) is 0 Å². The Balaban J connectivity index is 2.23. The van der Waals surface area contributed by atoms with Gasteiger partial charge < -0.3 is 10.3 Å². The topological polar surface area (TPSA) is 57.8 Å². The fourth-order valence-electron chi connectivity index (χ4n) is 1.54. The lowest BCUT2D eigenvalue weighted by Gasteiger charge is -2.06. The van der Waals surface area contributed by atoms with Crippen molar-refractivity contribution in [2.24, 2.45) is 5.92 Å². The molecule has 0 radical (unpaired) electrons. The van der Waals surface area contributed by atoms with Crippen LogP contribution >= 0.6 is 0 Å². The summed E-state index contributed by atoms with van der Waals surface area (Å²) in [6, 6.07) is 3.72. The van der Waals surface area contributed by atoms with Crippen molar-refractivity contribution in [3.8, 4) is 0 Å². The second-order valence-electron chi connectivity index (χ2n) is 4.21. The first kappa shape index (κ1) is 10.7. The normalized spacial score (nSPS) is 10.9. The van der Waals surface area contributed by atoms with Gasteiger partial charge in [-0.25, -0.2) is 4.98 Å². The monoisotopic (exact) mass is 217 g/mol. The van der Waals surface area contributed by atoms with Gasteiger partial charge in [-0.3, -0.25) is 4.79 Å². The van der Waals surface area contributed by atoms with Crippen molar-refractivity contribution in [1.29, 1.82) is 0 Å². The zero-order chi connectivity index (χ0) is 11.5.